The highest BCUT2D eigenvalue weighted by atomic mass is 32.2. The molecular formula is C22H23N3O3S. The van der Waals surface area contributed by atoms with E-state index in [0.717, 1.165) is 32.6 Å². The molecule has 0 saturated heterocycles. The zero-order valence-corrected chi connectivity index (χ0v) is 17.7. The minimum Gasteiger partial charge on any atom is -0.493 e. The van der Waals surface area contributed by atoms with Gasteiger partial charge in [0, 0.05) is 5.39 Å². The summed E-state index contributed by atoms with van der Waals surface area (Å²) in [6.07, 6.45) is 1.56. The summed E-state index contributed by atoms with van der Waals surface area (Å²) in [7, 11) is 3.15. The molecule has 0 bridgehead atoms. The summed E-state index contributed by atoms with van der Waals surface area (Å²) < 4.78 is 10.5. The van der Waals surface area contributed by atoms with Crippen molar-refractivity contribution < 1.29 is 14.3 Å². The first-order valence-electron chi connectivity index (χ1n) is 9.05. The van der Waals surface area contributed by atoms with Crippen LogP contribution >= 0.6 is 11.8 Å². The van der Waals surface area contributed by atoms with Crippen molar-refractivity contribution in [3.8, 4) is 11.5 Å². The molecule has 2 aromatic carbocycles. The van der Waals surface area contributed by atoms with E-state index in [1.165, 1.54) is 11.8 Å². The summed E-state index contributed by atoms with van der Waals surface area (Å²) in [5, 5.41) is 5.97. The maximum atomic E-state index is 12.1. The van der Waals surface area contributed by atoms with Crippen molar-refractivity contribution in [3.05, 3.63) is 59.2 Å². The molecule has 1 aromatic heterocycles. The maximum absolute atomic E-state index is 12.1. The number of hydrazone groups is 1. The van der Waals surface area contributed by atoms with Gasteiger partial charge >= 0.3 is 0 Å². The molecule has 0 aliphatic rings. The second-order valence-electron chi connectivity index (χ2n) is 6.44. The van der Waals surface area contributed by atoms with E-state index < -0.39 is 0 Å². The topological polar surface area (TPSA) is 72.8 Å². The number of nitrogens with zero attached hydrogens (tertiary/aromatic N) is 2. The van der Waals surface area contributed by atoms with E-state index in [1.807, 2.05) is 31.2 Å². The molecule has 1 amide bonds. The van der Waals surface area contributed by atoms with E-state index in [2.05, 4.69) is 28.5 Å². The normalized spacial score (nSPS) is 11.0. The molecule has 0 spiro atoms. The fourth-order valence-electron chi connectivity index (χ4n) is 2.89. The number of thioether (sulfide) groups is 1. The highest BCUT2D eigenvalue weighted by molar-refractivity contribution is 7.99. The number of hydrogen-bond acceptors (Lipinski definition) is 6. The Labute approximate surface area is 174 Å². The van der Waals surface area contributed by atoms with Crippen molar-refractivity contribution in [1.82, 2.24) is 10.4 Å². The number of rotatable bonds is 7. The van der Waals surface area contributed by atoms with Gasteiger partial charge in [-0.2, -0.15) is 5.10 Å². The van der Waals surface area contributed by atoms with Gasteiger partial charge in [-0.05, 0) is 54.8 Å². The van der Waals surface area contributed by atoms with E-state index >= 15 is 0 Å². The quantitative estimate of drug-likeness (QED) is 0.361. The number of aryl methyl sites for hydroxylation is 2. The van der Waals surface area contributed by atoms with Crippen LogP contribution in [0.25, 0.3) is 10.9 Å². The van der Waals surface area contributed by atoms with Crippen molar-refractivity contribution in [3.63, 3.8) is 0 Å². The van der Waals surface area contributed by atoms with Gasteiger partial charge in [0.05, 0.1) is 36.7 Å². The highest BCUT2D eigenvalue weighted by Crippen LogP contribution is 2.27. The van der Waals surface area contributed by atoms with Crippen molar-refractivity contribution in [1.29, 1.82) is 0 Å². The van der Waals surface area contributed by atoms with Crippen LogP contribution in [0.2, 0.25) is 0 Å². The lowest BCUT2D eigenvalue weighted by atomic mass is 10.1. The summed E-state index contributed by atoms with van der Waals surface area (Å²) in [4.78, 5) is 16.8. The fraction of sp³-hybridized carbons (Fsp3) is 0.227. The van der Waals surface area contributed by atoms with E-state index in [-0.39, 0.29) is 11.7 Å². The lowest BCUT2D eigenvalue weighted by molar-refractivity contribution is -0.118. The number of methoxy groups -OCH3 is 2. The molecule has 0 aliphatic carbocycles. The van der Waals surface area contributed by atoms with Crippen molar-refractivity contribution in [2.45, 2.75) is 18.9 Å². The Balaban J connectivity index is 1.60. The van der Waals surface area contributed by atoms with Gasteiger partial charge in [-0.1, -0.05) is 30.0 Å². The first-order valence-corrected chi connectivity index (χ1v) is 10.0. The van der Waals surface area contributed by atoms with Crippen LogP contribution in [0.15, 0.2) is 52.6 Å². The molecular weight excluding hydrogens is 386 g/mol. The molecule has 150 valence electrons. The molecule has 1 heterocycles. The summed E-state index contributed by atoms with van der Waals surface area (Å²) >= 11 is 1.39. The molecule has 0 unspecified atom stereocenters. The second-order valence-corrected chi connectivity index (χ2v) is 7.44. The van der Waals surface area contributed by atoms with E-state index in [9.17, 15) is 4.79 Å². The predicted molar refractivity (Wildman–Crippen MR) is 117 cm³/mol. The van der Waals surface area contributed by atoms with Crippen molar-refractivity contribution in [2.75, 3.05) is 20.0 Å². The third-order valence-corrected chi connectivity index (χ3v) is 5.30. The number of aromatic nitrogens is 1. The predicted octanol–water partition coefficient (Wildman–Crippen LogP) is 4.11. The number of fused-ring (bicyclic) bond motifs is 1. The van der Waals surface area contributed by atoms with Crippen LogP contribution in [-0.4, -0.2) is 37.1 Å². The third-order valence-electron chi connectivity index (χ3n) is 4.39. The average Bonchev–Trinajstić information content (AvgIpc) is 2.73. The lowest BCUT2D eigenvalue weighted by Gasteiger charge is -2.08. The summed E-state index contributed by atoms with van der Waals surface area (Å²) in [5.74, 6) is 1.27. The molecule has 1 N–H and O–H groups in total. The maximum Gasteiger partial charge on any atom is 0.250 e. The Hall–Kier alpha value is -3.06. The van der Waals surface area contributed by atoms with Crippen LogP contribution in [0.5, 0.6) is 11.5 Å². The van der Waals surface area contributed by atoms with E-state index in [4.69, 9.17) is 9.47 Å². The van der Waals surface area contributed by atoms with E-state index in [0.29, 0.717) is 11.5 Å². The molecule has 0 radical (unpaired) electrons. The third kappa shape index (κ3) is 5.06. The molecule has 7 heteroatoms. The van der Waals surface area contributed by atoms with Crippen LogP contribution < -0.4 is 14.9 Å². The molecule has 3 aromatic rings. The summed E-state index contributed by atoms with van der Waals surface area (Å²) in [6, 6.07) is 13.5. The molecule has 0 atom stereocenters. The molecule has 0 aliphatic heterocycles. The largest absolute Gasteiger partial charge is 0.493 e. The Kier molecular flexibility index (Phi) is 6.72. The number of benzene rings is 2. The van der Waals surface area contributed by atoms with Crippen LogP contribution in [0.4, 0.5) is 0 Å². The minimum atomic E-state index is -0.198. The molecule has 29 heavy (non-hydrogen) atoms. The van der Waals surface area contributed by atoms with Crippen LogP contribution in [0.3, 0.4) is 0 Å². The fourth-order valence-corrected chi connectivity index (χ4v) is 3.65. The Bertz CT molecular complexity index is 1070. The van der Waals surface area contributed by atoms with Gasteiger partial charge in [-0.3, -0.25) is 4.79 Å². The SMILES string of the molecule is COc1ccc(C=NNC(=O)CSc2cc(C)c3cccc(C)c3n2)cc1OC. The van der Waals surface area contributed by atoms with Crippen LogP contribution in [-0.2, 0) is 4.79 Å². The Morgan fingerprint density at radius 1 is 1.10 bits per heavy atom. The monoisotopic (exact) mass is 409 g/mol. The Morgan fingerprint density at radius 3 is 2.66 bits per heavy atom. The number of ether oxygens (including phenoxy) is 2. The number of para-hydroxylation sites is 1. The number of hydrogen-bond donors (Lipinski definition) is 1. The van der Waals surface area contributed by atoms with Gasteiger partial charge in [-0.25, -0.2) is 10.4 Å². The van der Waals surface area contributed by atoms with Gasteiger partial charge < -0.3 is 9.47 Å². The number of amides is 1. The summed E-state index contributed by atoms with van der Waals surface area (Å²) in [6.45, 7) is 4.10. The average molecular weight is 410 g/mol. The molecule has 3 rings (SSSR count). The minimum absolute atomic E-state index is 0.198. The Morgan fingerprint density at radius 2 is 1.90 bits per heavy atom. The standard InChI is InChI=1S/C22H23N3O3S/c1-14-6-5-7-17-15(2)10-21(24-22(14)17)29-13-20(26)25-23-12-16-8-9-18(27-3)19(11-16)28-4/h5-12H,13H2,1-4H3,(H,25,26). The van der Waals surface area contributed by atoms with E-state index in [1.54, 1.807) is 32.6 Å². The smallest absolute Gasteiger partial charge is 0.250 e. The lowest BCUT2D eigenvalue weighted by Crippen LogP contribution is -2.19. The zero-order chi connectivity index (χ0) is 20.8. The first kappa shape index (κ1) is 20.7. The molecule has 6 nitrogen and oxygen atoms in total. The van der Waals surface area contributed by atoms with Crippen molar-refractivity contribution in [2.24, 2.45) is 5.10 Å². The second kappa shape index (κ2) is 9.43. The number of carbonyl (C=O) groups is 1. The van der Waals surface area contributed by atoms with Gasteiger partial charge in [0.1, 0.15) is 0 Å². The number of carbonyl (C=O) groups excluding carboxylic acids is 1. The molecule has 0 saturated carbocycles. The summed E-state index contributed by atoms with van der Waals surface area (Å²) in [5.41, 5.74) is 6.57. The molecule has 0 fully saturated rings. The number of nitrogens with one attached hydrogen (secondary N) is 1. The van der Waals surface area contributed by atoms with Gasteiger partial charge in [0.25, 0.3) is 0 Å². The van der Waals surface area contributed by atoms with Crippen LogP contribution in [0.1, 0.15) is 16.7 Å². The van der Waals surface area contributed by atoms with Gasteiger partial charge in [-0.15, -0.1) is 0 Å². The first-order chi connectivity index (χ1) is 14.0. The van der Waals surface area contributed by atoms with Gasteiger partial charge in [0.2, 0.25) is 5.91 Å². The van der Waals surface area contributed by atoms with Crippen molar-refractivity contribution >= 4 is 34.8 Å². The van der Waals surface area contributed by atoms with Crippen LogP contribution in [0, 0.1) is 13.8 Å². The number of pyridine rings is 1. The van der Waals surface area contributed by atoms with Gasteiger partial charge in [0.15, 0.2) is 11.5 Å². The highest BCUT2D eigenvalue weighted by Gasteiger charge is 2.08. The zero-order valence-electron chi connectivity index (χ0n) is 16.9.